The highest BCUT2D eigenvalue weighted by Gasteiger charge is 2.26. The van der Waals surface area contributed by atoms with Crippen molar-refractivity contribution in [3.8, 4) is 6.07 Å². The average Bonchev–Trinajstić information content (AvgIpc) is 2.43. The lowest BCUT2D eigenvalue weighted by atomic mass is 10.00. The molecule has 1 aromatic rings. The fraction of sp³-hybridized carbons (Fsp3) is 0.467. The molecule has 1 amide bonds. The first-order chi connectivity index (χ1) is 9.11. The van der Waals surface area contributed by atoms with Crippen molar-refractivity contribution in [2.75, 3.05) is 0 Å². The third-order valence-corrected chi connectivity index (χ3v) is 3.70. The molecule has 4 heteroatoms. The molecule has 0 aliphatic carbocycles. The summed E-state index contributed by atoms with van der Waals surface area (Å²) in [6, 6.07) is 9.48. The lowest BCUT2D eigenvalue weighted by molar-refractivity contribution is 0.0370. The van der Waals surface area contributed by atoms with E-state index in [-0.39, 0.29) is 5.91 Å². The lowest BCUT2D eigenvalue weighted by Crippen LogP contribution is -2.54. The number of nitriles is 1. The largest absolute Gasteiger partial charge is 0.284 e. The normalized spacial score (nSPS) is 23.6. The van der Waals surface area contributed by atoms with Crippen LogP contribution >= 0.6 is 0 Å². The van der Waals surface area contributed by atoms with Gasteiger partial charge in [-0.3, -0.25) is 10.2 Å². The maximum absolute atomic E-state index is 12.2. The molecular weight excluding hydrogens is 238 g/mol. The maximum atomic E-state index is 12.2. The molecule has 0 unspecified atom stereocenters. The Morgan fingerprint density at radius 2 is 1.84 bits per heavy atom. The number of carbonyl (C=O) groups is 1. The topological polar surface area (TPSA) is 56.1 Å². The maximum Gasteiger partial charge on any atom is 0.265 e. The molecular formula is C15H19N3O. The van der Waals surface area contributed by atoms with Gasteiger partial charge in [0.05, 0.1) is 11.6 Å². The van der Waals surface area contributed by atoms with Crippen LogP contribution in [-0.2, 0) is 0 Å². The zero-order chi connectivity index (χ0) is 13.8. The second-order valence-corrected chi connectivity index (χ2v) is 5.17. The predicted molar refractivity (Wildman–Crippen MR) is 73.2 cm³/mol. The molecule has 100 valence electrons. The minimum Gasteiger partial charge on any atom is -0.284 e. The Kier molecular flexibility index (Phi) is 4.18. The highest BCUT2D eigenvalue weighted by atomic mass is 16.2. The van der Waals surface area contributed by atoms with E-state index in [1.165, 1.54) is 6.42 Å². The van der Waals surface area contributed by atoms with Gasteiger partial charge >= 0.3 is 0 Å². The molecule has 1 aliphatic rings. The monoisotopic (exact) mass is 257 g/mol. The first kappa shape index (κ1) is 13.6. The van der Waals surface area contributed by atoms with Gasteiger partial charge < -0.3 is 0 Å². The highest BCUT2D eigenvalue weighted by Crippen LogP contribution is 2.20. The van der Waals surface area contributed by atoms with E-state index in [9.17, 15) is 4.79 Å². The van der Waals surface area contributed by atoms with E-state index in [2.05, 4.69) is 19.3 Å². The Morgan fingerprint density at radius 1 is 1.26 bits per heavy atom. The summed E-state index contributed by atoms with van der Waals surface area (Å²) in [5.41, 5.74) is 4.14. The third kappa shape index (κ3) is 3.12. The SMILES string of the molecule is C[C@@H]1CCC[C@@H](C)N1NC(=O)c1ccc(C#N)cc1. The summed E-state index contributed by atoms with van der Waals surface area (Å²) in [7, 11) is 0. The minimum absolute atomic E-state index is 0.106. The summed E-state index contributed by atoms with van der Waals surface area (Å²) < 4.78 is 0. The smallest absolute Gasteiger partial charge is 0.265 e. The number of nitrogens with one attached hydrogen (secondary N) is 1. The molecule has 2 rings (SSSR count). The van der Waals surface area contributed by atoms with Gasteiger partial charge in [-0.15, -0.1) is 0 Å². The van der Waals surface area contributed by atoms with E-state index >= 15 is 0 Å². The molecule has 0 aromatic heterocycles. The van der Waals surface area contributed by atoms with Crippen LogP contribution in [0.1, 0.15) is 49.0 Å². The van der Waals surface area contributed by atoms with Crippen molar-refractivity contribution >= 4 is 5.91 Å². The number of hydrogen-bond acceptors (Lipinski definition) is 3. The molecule has 0 saturated carbocycles. The zero-order valence-corrected chi connectivity index (χ0v) is 11.4. The molecule has 19 heavy (non-hydrogen) atoms. The highest BCUT2D eigenvalue weighted by molar-refractivity contribution is 5.93. The number of piperidine rings is 1. The van der Waals surface area contributed by atoms with Crippen molar-refractivity contribution in [3.05, 3.63) is 35.4 Å². The van der Waals surface area contributed by atoms with E-state index in [1.54, 1.807) is 24.3 Å². The van der Waals surface area contributed by atoms with E-state index in [0.29, 0.717) is 23.2 Å². The molecule has 1 N–H and O–H groups in total. The van der Waals surface area contributed by atoms with Crippen molar-refractivity contribution in [3.63, 3.8) is 0 Å². The number of hydrazine groups is 1. The quantitative estimate of drug-likeness (QED) is 0.885. The Balaban J connectivity index is 2.05. The number of rotatable bonds is 2. The molecule has 1 aliphatic heterocycles. The Labute approximate surface area is 114 Å². The first-order valence-electron chi connectivity index (χ1n) is 6.71. The number of nitrogens with zero attached hydrogens (tertiary/aromatic N) is 2. The van der Waals surface area contributed by atoms with Crippen molar-refractivity contribution in [1.82, 2.24) is 10.4 Å². The van der Waals surface area contributed by atoms with Crippen LogP contribution in [0.25, 0.3) is 0 Å². The number of hydrogen-bond donors (Lipinski definition) is 1. The van der Waals surface area contributed by atoms with Crippen LogP contribution in [-0.4, -0.2) is 23.0 Å². The van der Waals surface area contributed by atoms with Gasteiger partial charge in [0.15, 0.2) is 0 Å². The van der Waals surface area contributed by atoms with Gasteiger partial charge in [-0.2, -0.15) is 5.26 Å². The summed E-state index contributed by atoms with van der Waals surface area (Å²) >= 11 is 0. The van der Waals surface area contributed by atoms with Gasteiger partial charge in [0.25, 0.3) is 5.91 Å². The van der Waals surface area contributed by atoms with Crippen LogP contribution in [0.4, 0.5) is 0 Å². The fourth-order valence-electron chi connectivity index (χ4n) is 2.52. The number of benzene rings is 1. The van der Waals surface area contributed by atoms with Gasteiger partial charge in [0.1, 0.15) is 0 Å². The summed E-state index contributed by atoms with van der Waals surface area (Å²) in [5, 5.41) is 10.8. The summed E-state index contributed by atoms with van der Waals surface area (Å²) in [6.07, 6.45) is 3.43. The van der Waals surface area contributed by atoms with Gasteiger partial charge in [-0.1, -0.05) is 6.42 Å². The third-order valence-electron chi connectivity index (χ3n) is 3.70. The standard InChI is InChI=1S/C15H19N3O/c1-11-4-3-5-12(2)18(11)17-15(19)14-8-6-13(10-16)7-9-14/h6-9,11-12H,3-5H2,1-2H3,(H,17,19)/t11-,12-/m1/s1. The zero-order valence-electron chi connectivity index (χ0n) is 11.4. The van der Waals surface area contributed by atoms with Crippen LogP contribution in [0.3, 0.4) is 0 Å². The van der Waals surface area contributed by atoms with Gasteiger partial charge in [0, 0.05) is 17.6 Å². The van der Waals surface area contributed by atoms with Crippen molar-refractivity contribution in [1.29, 1.82) is 5.26 Å². The minimum atomic E-state index is -0.106. The van der Waals surface area contributed by atoms with E-state index in [1.807, 2.05) is 11.1 Å². The Hall–Kier alpha value is -1.86. The van der Waals surface area contributed by atoms with Crippen LogP contribution < -0.4 is 5.43 Å². The molecule has 0 bridgehead atoms. The molecule has 1 saturated heterocycles. The molecule has 4 nitrogen and oxygen atoms in total. The van der Waals surface area contributed by atoms with Crippen LogP contribution in [0.5, 0.6) is 0 Å². The predicted octanol–water partition coefficient (Wildman–Crippen LogP) is 2.47. The average molecular weight is 257 g/mol. The Bertz CT molecular complexity index is 479. The fourth-order valence-corrected chi connectivity index (χ4v) is 2.52. The van der Waals surface area contributed by atoms with Crippen molar-refractivity contribution in [2.45, 2.75) is 45.2 Å². The van der Waals surface area contributed by atoms with Crippen LogP contribution in [0.2, 0.25) is 0 Å². The van der Waals surface area contributed by atoms with Gasteiger partial charge in [-0.05, 0) is 51.0 Å². The Morgan fingerprint density at radius 3 is 2.37 bits per heavy atom. The van der Waals surface area contributed by atoms with E-state index < -0.39 is 0 Å². The second-order valence-electron chi connectivity index (χ2n) is 5.17. The molecule has 0 spiro atoms. The molecule has 1 aromatic carbocycles. The number of amides is 1. The summed E-state index contributed by atoms with van der Waals surface area (Å²) in [5.74, 6) is -0.106. The molecule has 0 radical (unpaired) electrons. The number of carbonyl (C=O) groups excluding carboxylic acids is 1. The van der Waals surface area contributed by atoms with E-state index in [0.717, 1.165) is 12.8 Å². The van der Waals surface area contributed by atoms with Gasteiger partial charge in [-0.25, -0.2) is 5.01 Å². The van der Waals surface area contributed by atoms with Crippen LogP contribution in [0.15, 0.2) is 24.3 Å². The van der Waals surface area contributed by atoms with Gasteiger partial charge in [0.2, 0.25) is 0 Å². The molecule has 1 heterocycles. The first-order valence-corrected chi connectivity index (χ1v) is 6.71. The molecule has 1 fully saturated rings. The van der Waals surface area contributed by atoms with E-state index in [4.69, 9.17) is 5.26 Å². The summed E-state index contributed by atoms with van der Waals surface area (Å²) in [6.45, 7) is 4.27. The van der Waals surface area contributed by atoms with Crippen LogP contribution in [0, 0.1) is 11.3 Å². The second kappa shape index (κ2) is 5.85. The lowest BCUT2D eigenvalue weighted by Gasteiger charge is -2.38. The summed E-state index contributed by atoms with van der Waals surface area (Å²) in [4.78, 5) is 12.2. The van der Waals surface area contributed by atoms with Crippen molar-refractivity contribution in [2.24, 2.45) is 0 Å². The molecule has 2 atom stereocenters. The van der Waals surface area contributed by atoms with Crippen molar-refractivity contribution < 1.29 is 4.79 Å².